The number of aryl methyl sites for hydroxylation is 2. The van der Waals surface area contributed by atoms with Gasteiger partial charge in [-0.15, -0.1) is 0 Å². The highest BCUT2D eigenvalue weighted by molar-refractivity contribution is 6.32. The molecule has 1 amide bonds. The predicted octanol–water partition coefficient (Wildman–Crippen LogP) is 4.51. The first-order valence-electron chi connectivity index (χ1n) is 8.15. The van der Waals surface area contributed by atoms with Crippen LogP contribution in [0.3, 0.4) is 0 Å². The van der Waals surface area contributed by atoms with E-state index in [0.29, 0.717) is 12.8 Å². The van der Waals surface area contributed by atoms with E-state index in [4.69, 9.17) is 11.6 Å². The lowest BCUT2D eigenvalue weighted by Crippen LogP contribution is -2.19. The molecule has 0 atom stereocenters. The van der Waals surface area contributed by atoms with Crippen LogP contribution in [-0.4, -0.2) is 25.9 Å². The van der Waals surface area contributed by atoms with Gasteiger partial charge in [-0.25, -0.2) is 0 Å². The maximum Gasteiger partial charge on any atom is 0.437 e. The molecule has 1 fully saturated rings. The molecule has 2 N–H and O–H groups in total. The molecule has 0 aliphatic heterocycles. The van der Waals surface area contributed by atoms with E-state index in [0.717, 1.165) is 4.68 Å². The molecule has 0 spiro atoms. The molecule has 2 aromatic rings. The molecule has 1 saturated carbocycles. The van der Waals surface area contributed by atoms with Gasteiger partial charge in [0.15, 0.2) is 11.4 Å². The summed E-state index contributed by atoms with van der Waals surface area (Å²) in [6.07, 6.45) is -8.61. The van der Waals surface area contributed by atoms with Crippen molar-refractivity contribution in [2.45, 2.75) is 51.0 Å². The Balaban J connectivity index is 1.75. The molecule has 3 rings (SSSR count). The molecule has 2 aromatic heterocycles. The molecule has 0 saturated heterocycles. The van der Waals surface area contributed by atoms with Gasteiger partial charge in [0.05, 0.1) is 28.6 Å². The maximum absolute atomic E-state index is 13.0. The number of hydrogen-bond acceptors (Lipinski definition) is 3. The molecule has 13 heteroatoms. The van der Waals surface area contributed by atoms with Crippen molar-refractivity contribution in [2.24, 2.45) is 0 Å². The second-order valence-corrected chi connectivity index (χ2v) is 6.79. The molecule has 0 unspecified atom stereocenters. The summed E-state index contributed by atoms with van der Waals surface area (Å²) in [5.41, 5.74) is -2.84. The fourth-order valence-corrected chi connectivity index (χ4v) is 3.14. The van der Waals surface area contributed by atoms with Crippen LogP contribution in [0.4, 0.5) is 32.0 Å². The van der Waals surface area contributed by atoms with E-state index in [1.165, 1.54) is 6.92 Å². The predicted molar refractivity (Wildman–Crippen MR) is 85.8 cm³/mol. The molecule has 0 radical (unpaired) electrons. The Bertz CT molecular complexity index is 896. The average molecular weight is 430 g/mol. The van der Waals surface area contributed by atoms with Gasteiger partial charge in [0.25, 0.3) is 0 Å². The number of nitrogens with one attached hydrogen (secondary N) is 2. The number of amides is 1. The number of hydrogen-bond donors (Lipinski definition) is 2. The number of aromatic amines is 1. The quantitative estimate of drug-likeness (QED) is 0.687. The number of halogens is 7. The third kappa shape index (κ3) is 4.10. The molecule has 0 aromatic carbocycles. The molecular weight excluding hydrogens is 416 g/mol. The second-order valence-electron chi connectivity index (χ2n) is 6.41. The number of alkyl halides is 6. The molecule has 6 nitrogen and oxygen atoms in total. The van der Waals surface area contributed by atoms with Crippen LogP contribution < -0.4 is 5.32 Å². The normalized spacial score (nSPS) is 15.1. The lowest BCUT2D eigenvalue weighted by atomic mass is 10.2. The number of carbonyl (C=O) groups excluding carboxylic acids is 1. The van der Waals surface area contributed by atoms with Crippen LogP contribution in [0.5, 0.6) is 0 Å². The van der Waals surface area contributed by atoms with Crippen LogP contribution in [-0.2, 0) is 23.7 Å². The Morgan fingerprint density at radius 3 is 2.36 bits per heavy atom. The Morgan fingerprint density at radius 1 is 1.21 bits per heavy atom. The van der Waals surface area contributed by atoms with E-state index >= 15 is 0 Å². The van der Waals surface area contributed by atoms with E-state index in [1.807, 2.05) is 0 Å². The largest absolute Gasteiger partial charge is 0.437 e. The van der Waals surface area contributed by atoms with Gasteiger partial charge in [-0.3, -0.25) is 14.6 Å². The molecule has 0 bridgehead atoms. The molecule has 1 aliphatic rings. The first kappa shape index (κ1) is 20.5. The molecule has 1 aliphatic carbocycles. The summed E-state index contributed by atoms with van der Waals surface area (Å²) in [6, 6.07) is 0. The van der Waals surface area contributed by atoms with Gasteiger partial charge in [-0.2, -0.15) is 36.5 Å². The Labute approximate surface area is 159 Å². The minimum Gasteiger partial charge on any atom is -0.323 e. The van der Waals surface area contributed by atoms with Crippen molar-refractivity contribution >= 4 is 23.2 Å². The highest BCUT2D eigenvalue weighted by Crippen LogP contribution is 2.47. The molecule has 2 heterocycles. The van der Waals surface area contributed by atoms with E-state index in [-0.39, 0.29) is 23.9 Å². The summed E-state index contributed by atoms with van der Waals surface area (Å²) in [5.74, 6) is -0.996. The van der Waals surface area contributed by atoms with Gasteiger partial charge >= 0.3 is 12.4 Å². The third-order valence-electron chi connectivity index (χ3n) is 4.19. The first-order chi connectivity index (χ1) is 12.9. The average Bonchev–Trinajstić information content (AvgIpc) is 3.23. The van der Waals surface area contributed by atoms with E-state index < -0.39 is 46.8 Å². The standard InChI is InChI=1S/C15H14ClF6N5O/c1-6-10(13(25-24-6)15(20,21)22)23-8(28)4-5-27-11(7-2-3-7)9(16)12(26-27)14(17,18)19/h7H,2-5H2,1H3,(H,23,28)(H,24,25). The van der Waals surface area contributed by atoms with Gasteiger partial charge in [-0.1, -0.05) is 11.6 Å². The van der Waals surface area contributed by atoms with E-state index in [2.05, 4.69) is 20.6 Å². The summed E-state index contributed by atoms with van der Waals surface area (Å²) < 4.78 is 78.8. The first-order valence-corrected chi connectivity index (χ1v) is 8.52. The summed E-state index contributed by atoms with van der Waals surface area (Å²) >= 11 is 5.83. The highest BCUT2D eigenvalue weighted by Gasteiger charge is 2.42. The van der Waals surface area contributed by atoms with Crippen LogP contribution in [0.2, 0.25) is 5.02 Å². The second kappa shape index (κ2) is 6.98. The van der Waals surface area contributed by atoms with Crippen LogP contribution in [0, 0.1) is 6.92 Å². The minimum atomic E-state index is -4.77. The number of carbonyl (C=O) groups is 1. The summed E-state index contributed by atoms with van der Waals surface area (Å²) in [6.45, 7) is 1.04. The van der Waals surface area contributed by atoms with Crippen LogP contribution in [0.25, 0.3) is 0 Å². The van der Waals surface area contributed by atoms with Crippen molar-refractivity contribution < 1.29 is 31.1 Å². The van der Waals surface area contributed by atoms with Gasteiger partial charge < -0.3 is 5.32 Å². The zero-order valence-corrected chi connectivity index (χ0v) is 15.1. The Kier molecular flexibility index (Phi) is 5.11. The van der Waals surface area contributed by atoms with Crippen molar-refractivity contribution in [2.75, 3.05) is 5.32 Å². The SMILES string of the molecule is Cc1[nH]nc(C(F)(F)F)c1NC(=O)CCn1nc(C(F)(F)F)c(Cl)c1C1CC1. The Hall–Kier alpha value is -2.24. The summed E-state index contributed by atoms with van der Waals surface area (Å²) in [5, 5.41) is 10.3. The van der Waals surface area contributed by atoms with Crippen molar-refractivity contribution in [1.82, 2.24) is 20.0 Å². The summed E-state index contributed by atoms with van der Waals surface area (Å²) in [4.78, 5) is 12.1. The Morgan fingerprint density at radius 2 is 1.82 bits per heavy atom. The topological polar surface area (TPSA) is 75.6 Å². The lowest BCUT2D eigenvalue weighted by molar-refractivity contribution is -0.141. The van der Waals surface area contributed by atoms with E-state index in [9.17, 15) is 31.1 Å². The van der Waals surface area contributed by atoms with Crippen molar-refractivity contribution in [3.8, 4) is 0 Å². The molecule has 154 valence electrons. The lowest BCUT2D eigenvalue weighted by Gasteiger charge is -2.10. The number of nitrogens with zero attached hydrogens (tertiary/aromatic N) is 3. The minimum absolute atomic E-state index is 0.000774. The number of anilines is 1. The zero-order valence-electron chi connectivity index (χ0n) is 14.3. The zero-order chi connectivity index (χ0) is 20.9. The summed E-state index contributed by atoms with van der Waals surface area (Å²) in [7, 11) is 0. The van der Waals surface area contributed by atoms with Gasteiger partial charge in [0.1, 0.15) is 0 Å². The maximum atomic E-state index is 13.0. The van der Waals surface area contributed by atoms with Crippen molar-refractivity contribution in [3.63, 3.8) is 0 Å². The van der Waals surface area contributed by atoms with Gasteiger partial charge in [-0.05, 0) is 19.8 Å². The fourth-order valence-electron chi connectivity index (χ4n) is 2.75. The van der Waals surface area contributed by atoms with E-state index in [1.54, 1.807) is 0 Å². The van der Waals surface area contributed by atoms with Crippen LogP contribution in [0.1, 0.15) is 48.0 Å². The van der Waals surface area contributed by atoms with Crippen molar-refractivity contribution in [1.29, 1.82) is 0 Å². The number of aromatic nitrogens is 4. The molecule has 28 heavy (non-hydrogen) atoms. The van der Waals surface area contributed by atoms with Crippen LogP contribution >= 0.6 is 11.6 Å². The highest BCUT2D eigenvalue weighted by atomic mass is 35.5. The number of rotatable bonds is 5. The fraction of sp³-hybridized carbons (Fsp3) is 0.533. The van der Waals surface area contributed by atoms with Gasteiger partial charge in [0.2, 0.25) is 5.91 Å². The van der Waals surface area contributed by atoms with Crippen molar-refractivity contribution in [3.05, 3.63) is 27.8 Å². The third-order valence-corrected chi connectivity index (χ3v) is 4.57. The monoisotopic (exact) mass is 429 g/mol. The number of H-pyrrole nitrogens is 1. The smallest absolute Gasteiger partial charge is 0.323 e. The molecular formula is C15H14ClF6N5O. The van der Waals surface area contributed by atoms with Crippen LogP contribution in [0.15, 0.2) is 0 Å². The van der Waals surface area contributed by atoms with Gasteiger partial charge in [0, 0.05) is 12.3 Å².